The Bertz CT molecular complexity index is 608. The highest BCUT2D eigenvalue weighted by Crippen LogP contribution is 2.09. The molecule has 1 aromatic carbocycles. The number of para-hydroxylation sites is 1. The standard InChI is InChI=1S/C15H17N3O3/c16-12-6-2-1-5-11(12)14(19)17-8-4-9-18-15(20)13-7-3-10-21-13/h1-3,5-7,10H,4,8-9,16H2,(H,17,19)(H,18,20). The number of anilines is 1. The van der Waals surface area contributed by atoms with E-state index in [0.29, 0.717) is 30.8 Å². The molecule has 1 aromatic heterocycles. The van der Waals surface area contributed by atoms with Crippen LogP contribution in [0, 0.1) is 0 Å². The number of nitrogens with one attached hydrogen (secondary N) is 2. The highest BCUT2D eigenvalue weighted by atomic mass is 16.3. The Balaban J connectivity index is 1.67. The van der Waals surface area contributed by atoms with E-state index >= 15 is 0 Å². The summed E-state index contributed by atoms with van der Waals surface area (Å²) in [6.07, 6.45) is 2.06. The predicted molar refractivity (Wildman–Crippen MR) is 78.8 cm³/mol. The average molecular weight is 287 g/mol. The second-order valence-corrected chi connectivity index (χ2v) is 4.43. The van der Waals surface area contributed by atoms with E-state index in [0.717, 1.165) is 0 Å². The molecule has 0 unspecified atom stereocenters. The quantitative estimate of drug-likeness (QED) is 0.552. The van der Waals surface area contributed by atoms with E-state index in [-0.39, 0.29) is 17.6 Å². The highest BCUT2D eigenvalue weighted by molar-refractivity contribution is 5.99. The third-order valence-electron chi connectivity index (χ3n) is 2.88. The zero-order chi connectivity index (χ0) is 15.1. The van der Waals surface area contributed by atoms with Crippen LogP contribution in [0.1, 0.15) is 27.3 Å². The highest BCUT2D eigenvalue weighted by Gasteiger charge is 2.09. The van der Waals surface area contributed by atoms with Crippen LogP contribution in [0.3, 0.4) is 0 Å². The van der Waals surface area contributed by atoms with Gasteiger partial charge < -0.3 is 20.8 Å². The fraction of sp³-hybridized carbons (Fsp3) is 0.200. The van der Waals surface area contributed by atoms with Crippen molar-refractivity contribution in [3.05, 3.63) is 54.0 Å². The van der Waals surface area contributed by atoms with Crippen LogP contribution in [0.25, 0.3) is 0 Å². The fourth-order valence-corrected chi connectivity index (χ4v) is 1.79. The van der Waals surface area contributed by atoms with Crippen molar-refractivity contribution in [3.8, 4) is 0 Å². The summed E-state index contributed by atoms with van der Waals surface area (Å²) in [7, 11) is 0. The van der Waals surface area contributed by atoms with Crippen molar-refractivity contribution in [1.29, 1.82) is 0 Å². The average Bonchev–Trinajstić information content (AvgIpc) is 3.01. The van der Waals surface area contributed by atoms with Crippen molar-refractivity contribution in [3.63, 3.8) is 0 Å². The molecule has 0 aliphatic carbocycles. The van der Waals surface area contributed by atoms with Gasteiger partial charge in [0.05, 0.1) is 11.8 Å². The molecule has 0 saturated carbocycles. The molecule has 2 rings (SSSR count). The van der Waals surface area contributed by atoms with E-state index in [1.54, 1.807) is 36.4 Å². The number of benzene rings is 1. The van der Waals surface area contributed by atoms with Gasteiger partial charge in [0.2, 0.25) is 0 Å². The van der Waals surface area contributed by atoms with Gasteiger partial charge in [-0.05, 0) is 30.7 Å². The fourth-order valence-electron chi connectivity index (χ4n) is 1.79. The Kier molecular flexibility index (Phi) is 4.98. The molecule has 6 heteroatoms. The number of hydrogen-bond acceptors (Lipinski definition) is 4. The molecule has 21 heavy (non-hydrogen) atoms. The van der Waals surface area contributed by atoms with E-state index in [2.05, 4.69) is 10.6 Å². The second-order valence-electron chi connectivity index (χ2n) is 4.43. The van der Waals surface area contributed by atoms with Gasteiger partial charge in [0, 0.05) is 18.8 Å². The Morgan fingerprint density at radius 1 is 1.00 bits per heavy atom. The van der Waals surface area contributed by atoms with Crippen molar-refractivity contribution >= 4 is 17.5 Å². The number of furan rings is 1. The molecular formula is C15H17N3O3. The smallest absolute Gasteiger partial charge is 0.286 e. The minimum absolute atomic E-state index is 0.217. The van der Waals surface area contributed by atoms with Crippen molar-refractivity contribution in [1.82, 2.24) is 10.6 Å². The topological polar surface area (TPSA) is 97.4 Å². The maximum absolute atomic E-state index is 11.9. The van der Waals surface area contributed by atoms with Gasteiger partial charge in [-0.15, -0.1) is 0 Å². The lowest BCUT2D eigenvalue weighted by Gasteiger charge is -2.07. The molecule has 2 amide bonds. The van der Waals surface area contributed by atoms with Gasteiger partial charge >= 0.3 is 0 Å². The van der Waals surface area contributed by atoms with Crippen molar-refractivity contribution in [2.75, 3.05) is 18.8 Å². The molecule has 0 atom stereocenters. The Labute approximate surface area is 122 Å². The van der Waals surface area contributed by atoms with E-state index in [4.69, 9.17) is 10.2 Å². The van der Waals surface area contributed by atoms with Gasteiger partial charge in [-0.25, -0.2) is 0 Å². The van der Waals surface area contributed by atoms with Gasteiger partial charge in [-0.2, -0.15) is 0 Å². The lowest BCUT2D eigenvalue weighted by molar-refractivity contribution is 0.0925. The summed E-state index contributed by atoms with van der Waals surface area (Å²) < 4.78 is 4.97. The van der Waals surface area contributed by atoms with Crippen LogP contribution in [-0.2, 0) is 0 Å². The first-order valence-corrected chi connectivity index (χ1v) is 6.63. The van der Waals surface area contributed by atoms with E-state index in [1.807, 2.05) is 0 Å². The lowest BCUT2D eigenvalue weighted by Crippen LogP contribution is -2.30. The molecule has 1 heterocycles. The molecule has 0 bridgehead atoms. The number of carbonyl (C=O) groups excluding carboxylic acids is 2. The Morgan fingerprint density at radius 2 is 1.71 bits per heavy atom. The minimum Gasteiger partial charge on any atom is -0.459 e. The summed E-state index contributed by atoms with van der Waals surface area (Å²) >= 11 is 0. The second kappa shape index (κ2) is 7.14. The molecule has 0 aliphatic rings. The SMILES string of the molecule is Nc1ccccc1C(=O)NCCCNC(=O)c1ccco1. The maximum Gasteiger partial charge on any atom is 0.286 e. The van der Waals surface area contributed by atoms with Gasteiger partial charge in [0.15, 0.2) is 5.76 Å². The summed E-state index contributed by atoms with van der Waals surface area (Å²) in [4.78, 5) is 23.4. The molecule has 0 fully saturated rings. The minimum atomic E-state index is -0.265. The maximum atomic E-state index is 11.9. The van der Waals surface area contributed by atoms with Crippen molar-refractivity contribution in [2.24, 2.45) is 0 Å². The summed E-state index contributed by atoms with van der Waals surface area (Å²) in [5, 5.41) is 5.46. The summed E-state index contributed by atoms with van der Waals surface area (Å²) in [5.74, 6) is -0.208. The summed E-state index contributed by atoms with van der Waals surface area (Å²) in [6.45, 7) is 0.898. The molecule has 0 aliphatic heterocycles. The lowest BCUT2D eigenvalue weighted by atomic mass is 10.1. The number of rotatable bonds is 6. The van der Waals surface area contributed by atoms with E-state index in [1.165, 1.54) is 6.26 Å². The molecule has 2 aromatic rings. The first-order chi connectivity index (χ1) is 10.2. The largest absolute Gasteiger partial charge is 0.459 e. The number of hydrogen-bond donors (Lipinski definition) is 3. The molecule has 6 nitrogen and oxygen atoms in total. The van der Waals surface area contributed by atoms with Crippen LogP contribution in [-0.4, -0.2) is 24.9 Å². The number of carbonyl (C=O) groups is 2. The van der Waals surface area contributed by atoms with Crippen molar-refractivity contribution < 1.29 is 14.0 Å². The van der Waals surface area contributed by atoms with Crippen LogP contribution in [0.2, 0.25) is 0 Å². The van der Waals surface area contributed by atoms with Crippen LogP contribution >= 0.6 is 0 Å². The zero-order valence-corrected chi connectivity index (χ0v) is 11.5. The van der Waals surface area contributed by atoms with Gasteiger partial charge in [-0.3, -0.25) is 9.59 Å². The van der Waals surface area contributed by atoms with E-state index in [9.17, 15) is 9.59 Å². The first kappa shape index (κ1) is 14.6. The first-order valence-electron chi connectivity index (χ1n) is 6.63. The van der Waals surface area contributed by atoms with E-state index < -0.39 is 0 Å². The summed E-state index contributed by atoms with van der Waals surface area (Å²) in [6, 6.07) is 10.1. The van der Waals surface area contributed by atoms with Gasteiger partial charge in [0.25, 0.3) is 11.8 Å². The molecule has 4 N–H and O–H groups in total. The molecule has 110 valence electrons. The third-order valence-corrected chi connectivity index (χ3v) is 2.88. The van der Waals surface area contributed by atoms with Gasteiger partial charge in [-0.1, -0.05) is 12.1 Å². The van der Waals surface area contributed by atoms with Crippen molar-refractivity contribution in [2.45, 2.75) is 6.42 Å². The number of nitrogens with two attached hydrogens (primary N) is 1. The van der Waals surface area contributed by atoms with Crippen LogP contribution in [0.5, 0.6) is 0 Å². The predicted octanol–water partition coefficient (Wildman–Crippen LogP) is 1.41. The van der Waals surface area contributed by atoms with Crippen LogP contribution in [0.4, 0.5) is 5.69 Å². The Morgan fingerprint density at radius 3 is 2.38 bits per heavy atom. The molecule has 0 radical (unpaired) electrons. The third kappa shape index (κ3) is 4.10. The molecular weight excluding hydrogens is 270 g/mol. The molecule has 0 saturated heterocycles. The zero-order valence-electron chi connectivity index (χ0n) is 11.5. The number of nitrogen functional groups attached to an aromatic ring is 1. The van der Waals surface area contributed by atoms with Crippen LogP contribution in [0.15, 0.2) is 47.1 Å². The summed E-state index contributed by atoms with van der Waals surface area (Å²) in [5.41, 5.74) is 6.62. The van der Waals surface area contributed by atoms with Gasteiger partial charge in [0.1, 0.15) is 0 Å². The normalized spacial score (nSPS) is 10.1. The van der Waals surface area contributed by atoms with Crippen LogP contribution < -0.4 is 16.4 Å². The number of amides is 2. The Hall–Kier alpha value is -2.76. The monoisotopic (exact) mass is 287 g/mol. The molecule has 0 spiro atoms.